The van der Waals surface area contributed by atoms with E-state index in [-0.39, 0.29) is 5.75 Å². The van der Waals surface area contributed by atoms with Gasteiger partial charge in [-0.2, -0.15) is 0 Å². The number of hydrogen-bond acceptors (Lipinski definition) is 4. The van der Waals surface area contributed by atoms with Crippen LogP contribution in [0.15, 0.2) is 16.6 Å². The first-order chi connectivity index (χ1) is 7.24. The Kier molecular flexibility index (Phi) is 3.14. The summed E-state index contributed by atoms with van der Waals surface area (Å²) >= 11 is 3.28. The number of aromatic hydroxyl groups is 1. The molecule has 1 fully saturated rings. The normalized spacial score (nSPS) is 16.9. The van der Waals surface area contributed by atoms with Crippen LogP contribution in [0.4, 0.5) is 0 Å². The van der Waals surface area contributed by atoms with Crippen molar-refractivity contribution in [2.45, 2.75) is 6.29 Å². The number of hydrogen-bond donors (Lipinski definition) is 1. The Morgan fingerprint density at radius 1 is 1.40 bits per heavy atom. The minimum Gasteiger partial charge on any atom is -0.504 e. The summed E-state index contributed by atoms with van der Waals surface area (Å²) in [7, 11) is 1.50. The van der Waals surface area contributed by atoms with Gasteiger partial charge in [0.1, 0.15) is 0 Å². The molecule has 2 rings (SSSR count). The largest absolute Gasteiger partial charge is 0.504 e. The van der Waals surface area contributed by atoms with E-state index in [1.54, 1.807) is 12.1 Å². The van der Waals surface area contributed by atoms with Gasteiger partial charge in [0.15, 0.2) is 17.8 Å². The Morgan fingerprint density at radius 3 is 2.67 bits per heavy atom. The van der Waals surface area contributed by atoms with Gasteiger partial charge in [0.25, 0.3) is 0 Å². The van der Waals surface area contributed by atoms with Crippen LogP contribution in [0.2, 0.25) is 0 Å². The zero-order chi connectivity index (χ0) is 10.8. The van der Waals surface area contributed by atoms with Gasteiger partial charge in [0.2, 0.25) is 0 Å². The zero-order valence-electron chi connectivity index (χ0n) is 8.20. The fourth-order valence-electron chi connectivity index (χ4n) is 1.48. The van der Waals surface area contributed by atoms with Crippen LogP contribution in [-0.4, -0.2) is 25.4 Å². The van der Waals surface area contributed by atoms with E-state index in [0.29, 0.717) is 29.0 Å². The molecule has 1 heterocycles. The average Bonchev–Trinajstić information content (AvgIpc) is 2.71. The number of rotatable bonds is 2. The van der Waals surface area contributed by atoms with Gasteiger partial charge in [-0.05, 0) is 28.1 Å². The Balaban J connectivity index is 2.39. The van der Waals surface area contributed by atoms with Crippen molar-refractivity contribution in [2.24, 2.45) is 0 Å². The van der Waals surface area contributed by atoms with Crippen molar-refractivity contribution in [1.82, 2.24) is 0 Å². The highest BCUT2D eigenvalue weighted by Crippen LogP contribution is 2.41. The van der Waals surface area contributed by atoms with Crippen LogP contribution in [0, 0.1) is 0 Å². The molecule has 5 heteroatoms. The van der Waals surface area contributed by atoms with Crippen molar-refractivity contribution in [1.29, 1.82) is 0 Å². The molecule has 4 nitrogen and oxygen atoms in total. The molecule has 15 heavy (non-hydrogen) atoms. The number of halogens is 1. The lowest BCUT2D eigenvalue weighted by molar-refractivity contribution is -0.0456. The summed E-state index contributed by atoms with van der Waals surface area (Å²) in [5.41, 5.74) is 0.590. The Bertz CT molecular complexity index is 361. The summed E-state index contributed by atoms with van der Waals surface area (Å²) in [5, 5.41) is 9.92. The van der Waals surface area contributed by atoms with Crippen molar-refractivity contribution in [3.8, 4) is 11.5 Å². The second-order valence-electron chi connectivity index (χ2n) is 3.09. The van der Waals surface area contributed by atoms with Gasteiger partial charge in [0.05, 0.1) is 30.4 Å². The standard InChI is InChI=1S/C10H11BrO4/c1-13-9-7(11)3-2-6(8(9)12)10-14-4-5-15-10/h2-3,10,12H,4-5H2,1H3. The molecule has 0 atom stereocenters. The van der Waals surface area contributed by atoms with Gasteiger partial charge >= 0.3 is 0 Å². The fraction of sp³-hybridized carbons (Fsp3) is 0.400. The van der Waals surface area contributed by atoms with E-state index < -0.39 is 6.29 Å². The molecule has 0 radical (unpaired) electrons. The summed E-state index contributed by atoms with van der Waals surface area (Å²) < 4.78 is 16.4. The highest BCUT2D eigenvalue weighted by Gasteiger charge is 2.24. The van der Waals surface area contributed by atoms with Crippen molar-refractivity contribution in [3.05, 3.63) is 22.2 Å². The first-order valence-corrected chi connectivity index (χ1v) is 5.32. The zero-order valence-corrected chi connectivity index (χ0v) is 9.78. The molecule has 1 aromatic carbocycles. The van der Waals surface area contributed by atoms with E-state index >= 15 is 0 Å². The van der Waals surface area contributed by atoms with Crippen LogP contribution >= 0.6 is 15.9 Å². The lowest BCUT2D eigenvalue weighted by Gasteiger charge is -2.14. The van der Waals surface area contributed by atoms with Gasteiger partial charge < -0.3 is 19.3 Å². The monoisotopic (exact) mass is 274 g/mol. The molecule has 0 saturated carbocycles. The minimum atomic E-state index is -0.494. The third kappa shape index (κ3) is 1.95. The summed E-state index contributed by atoms with van der Waals surface area (Å²) in [5.74, 6) is 0.449. The van der Waals surface area contributed by atoms with Crippen LogP contribution in [0.25, 0.3) is 0 Å². The summed E-state index contributed by atoms with van der Waals surface area (Å²) in [6.45, 7) is 1.09. The molecule has 0 unspecified atom stereocenters. The molecular formula is C10H11BrO4. The molecule has 0 aliphatic carbocycles. The predicted molar refractivity (Wildman–Crippen MR) is 57.0 cm³/mol. The van der Waals surface area contributed by atoms with E-state index in [9.17, 15) is 5.11 Å². The van der Waals surface area contributed by atoms with Gasteiger partial charge in [0, 0.05) is 0 Å². The highest BCUT2D eigenvalue weighted by molar-refractivity contribution is 9.10. The molecule has 1 aliphatic heterocycles. The van der Waals surface area contributed by atoms with E-state index in [1.807, 2.05) is 0 Å². The summed E-state index contributed by atoms with van der Waals surface area (Å²) in [6, 6.07) is 3.54. The number of ether oxygens (including phenoxy) is 3. The van der Waals surface area contributed by atoms with Gasteiger partial charge in [-0.1, -0.05) is 0 Å². The van der Waals surface area contributed by atoms with E-state index in [0.717, 1.165) is 0 Å². The lowest BCUT2D eigenvalue weighted by atomic mass is 10.2. The van der Waals surface area contributed by atoms with Crippen molar-refractivity contribution < 1.29 is 19.3 Å². The topological polar surface area (TPSA) is 47.9 Å². The summed E-state index contributed by atoms with van der Waals surface area (Å²) in [6.07, 6.45) is -0.494. The van der Waals surface area contributed by atoms with E-state index in [4.69, 9.17) is 14.2 Å². The van der Waals surface area contributed by atoms with Gasteiger partial charge in [-0.3, -0.25) is 0 Å². The first-order valence-electron chi connectivity index (χ1n) is 4.52. The minimum absolute atomic E-state index is 0.0544. The maximum atomic E-state index is 9.92. The molecule has 0 bridgehead atoms. The number of phenolic OH excluding ortho intramolecular Hbond substituents is 1. The van der Waals surface area contributed by atoms with Crippen molar-refractivity contribution >= 4 is 15.9 Å². The van der Waals surface area contributed by atoms with E-state index in [2.05, 4.69) is 15.9 Å². The Hall–Kier alpha value is -0.780. The molecule has 0 spiro atoms. The van der Waals surface area contributed by atoms with Gasteiger partial charge in [-0.15, -0.1) is 0 Å². The van der Waals surface area contributed by atoms with Crippen LogP contribution in [0.1, 0.15) is 11.9 Å². The smallest absolute Gasteiger partial charge is 0.187 e. The molecule has 1 saturated heterocycles. The molecule has 0 amide bonds. The number of benzene rings is 1. The third-order valence-electron chi connectivity index (χ3n) is 2.19. The van der Waals surface area contributed by atoms with Gasteiger partial charge in [-0.25, -0.2) is 0 Å². The van der Waals surface area contributed by atoms with Crippen molar-refractivity contribution in [2.75, 3.05) is 20.3 Å². The third-order valence-corrected chi connectivity index (χ3v) is 2.82. The second kappa shape index (κ2) is 4.38. The molecule has 82 valence electrons. The highest BCUT2D eigenvalue weighted by atomic mass is 79.9. The molecule has 0 aromatic heterocycles. The fourth-order valence-corrected chi connectivity index (χ4v) is 1.97. The quantitative estimate of drug-likeness (QED) is 0.899. The van der Waals surface area contributed by atoms with Crippen LogP contribution in [0.3, 0.4) is 0 Å². The predicted octanol–water partition coefficient (Wildman–Crippen LogP) is 2.21. The Morgan fingerprint density at radius 2 is 2.07 bits per heavy atom. The van der Waals surface area contributed by atoms with Crippen LogP contribution < -0.4 is 4.74 Å². The molecule has 1 aromatic rings. The second-order valence-corrected chi connectivity index (χ2v) is 3.95. The van der Waals surface area contributed by atoms with E-state index in [1.165, 1.54) is 7.11 Å². The Labute approximate surface area is 95.9 Å². The SMILES string of the molecule is COc1c(Br)ccc(C2OCCO2)c1O. The lowest BCUT2D eigenvalue weighted by Crippen LogP contribution is -1.99. The maximum absolute atomic E-state index is 9.92. The molecule has 1 N–H and O–H groups in total. The molecular weight excluding hydrogens is 264 g/mol. The van der Waals surface area contributed by atoms with Crippen LogP contribution in [-0.2, 0) is 9.47 Å². The number of phenols is 1. The first kappa shape index (κ1) is 10.7. The van der Waals surface area contributed by atoms with Crippen molar-refractivity contribution in [3.63, 3.8) is 0 Å². The van der Waals surface area contributed by atoms with Crippen LogP contribution in [0.5, 0.6) is 11.5 Å². The summed E-state index contributed by atoms with van der Waals surface area (Å²) in [4.78, 5) is 0. The molecule has 1 aliphatic rings. The maximum Gasteiger partial charge on any atom is 0.187 e. The number of methoxy groups -OCH3 is 1. The average molecular weight is 275 g/mol.